The van der Waals surface area contributed by atoms with Crippen molar-refractivity contribution in [3.8, 4) is 11.5 Å². The molecule has 1 aliphatic heterocycles. The van der Waals surface area contributed by atoms with E-state index in [0.29, 0.717) is 12.4 Å². The van der Waals surface area contributed by atoms with E-state index in [0.717, 1.165) is 43.3 Å². The molecule has 0 radical (unpaired) electrons. The van der Waals surface area contributed by atoms with Crippen LogP contribution >= 0.6 is 0 Å². The molecule has 0 spiro atoms. The Bertz CT molecular complexity index is 745. The third-order valence-corrected chi connectivity index (χ3v) is 5.07. The number of hydrogen-bond acceptors (Lipinski definition) is 5. The Morgan fingerprint density at radius 1 is 1.14 bits per heavy atom. The molecule has 0 saturated carbocycles. The summed E-state index contributed by atoms with van der Waals surface area (Å²) in [6.07, 6.45) is 4.05. The standard InChI is InChI=1S/C22H34N6O/c1-3-23-22(24-11-7-13-28-14-8-12-27(2)15-16-28)25-17-20-18-29-21(26-20)19-9-5-4-6-10-19/h4-6,9-10,18H,3,7-8,11-17H2,1-2H3,(H2,23,24,25). The molecule has 0 atom stereocenters. The van der Waals surface area contributed by atoms with E-state index >= 15 is 0 Å². The lowest BCUT2D eigenvalue weighted by atomic mass is 10.2. The van der Waals surface area contributed by atoms with Crippen molar-refractivity contribution in [3.05, 3.63) is 42.3 Å². The first-order chi connectivity index (χ1) is 14.2. The van der Waals surface area contributed by atoms with Crippen LogP contribution in [0.2, 0.25) is 0 Å². The Morgan fingerprint density at radius 2 is 2.00 bits per heavy atom. The van der Waals surface area contributed by atoms with Crippen molar-refractivity contribution in [2.75, 3.05) is 52.9 Å². The van der Waals surface area contributed by atoms with Crippen LogP contribution in [-0.2, 0) is 6.54 Å². The van der Waals surface area contributed by atoms with Gasteiger partial charge in [0.1, 0.15) is 12.0 Å². The molecule has 0 unspecified atom stereocenters. The quantitative estimate of drug-likeness (QED) is 0.404. The summed E-state index contributed by atoms with van der Waals surface area (Å²) >= 11 is 0. The van der Waals surface area contributed by atoms with Crippen LogP contribution in [0.25, 0.3) is 11.5 Å². The van der Waals surface area contributed by atoms with Crippen LogP contribution in [0.3, 0.4) is 0 Å². The molecule has 7 nitrogen and oxygen atoms in total. The van der Waals surface area contributed by atoms with E-state index in [1.54, 1.807) is 6.26 Å². The summed E-state index contributed by atoms with van der Waals surface area (Å²) in [4.78, 5) is 14.2. The molecule has 158 valence electrons. The molecule has 1 aliphatic rings. The molecular formula is C22H34N6O. The number of likely N-dealkylation sites (N-methyl/N-ethyl adjacent to an activating group) is 1. The largest absolute Gasteiger partial charge is 0.444 e. The van der Waals surface area contributed by atoms with Gasteiger partial charge in [0.2, 0.25) is 5.89 Å². The monoisotopic (exact) mass is 398 g/mol. The molecule has 1 aromatic heterocycles. The SMILES string of the molecule is CCNC(=NCc1coc(-c2ccccc2)n1)NCCCN1CCCN(C)CC1. The number of nitrogens with one attached hydrogen (secondary N) is 2. The van der Waals surface area contributed by atoms with Crippen LogP contribution in [0.15, 0.2) is 46.0 Å². The predicted molar refractivity (Wildman–Crippen MR) is 118 cm³/mol. The fourth-order valence-electron chi connectivity index (χ4n) is 3.43. The number of benzene rings is 1. The van der Waals surface area contributed by atoms with Gasteiger partial charge in [0, 0.05) is 31.7 Å². The van der Waals surface area contributed by atoms with Gasteiger partial charge in [0.05, 0.1) is 6.54 Å². The van der Waals surface area contributed by atoms with Crippen LogP contribution < -0.4 is 10.6 Å². The molecule has 1 aromatic carbocycles. The van der Waals surface area contributed by atoms with Crippen molar-refractivity contribution in [1.82, 2.24) is 25.4 Å². The van der Waals surface area contributed by atoms with E-state index in [-0.39, 0.29) is 0 Å². The normalized spacial score (nSPS) is 16.6. The van der Waals surface area contributed by atoms with Crippen molar-refractivity contribution >= 4 is 5.96 Å². The van der Waals surface area contributed by atoms with Crippen LogP contribution in [0.1, 0.15) is 25.5 Å². The minimum atomic E-state index is 0.490. The fourth-order valence-corrected chi connectivity index (χ4v) is 3.43. The maximum atomic E-state index is 5.60. The summed E-state index contributed by atoms with van der Waals surface area (Å²) in [7, 11) is 2.21. The van der Waals surface area contributed by atoms with Crippen molar-refractivity contribution in [2.24, 2.45) is 4.99 Å². The number of guanidine groups is 1. The third-order valence-electron chi connectivity index (χ3n) is 5.07. The molecule has 2 heterocycles. The smallest absolute Gasteiger partial charge is 0.226 e. The molecule has 2 aromatic rings. The number of rotatable bonds is 8. The van der Waals surface area contributed by atoms with E-state index in [9.17, 15) is 0 Å². The van der Waals surface area contributed by atoms with Gasteiger partial charge in [-0.05, 0) is 58.6 Å². The van der Waals surface area contributed by atoms with Crippen molar-refractivity contribution < 1.29 is 4.42 Å². The molecule has 0 bridgehead atoms. The molecule has 7 heteroatoms. The Kier molecular flexibility index (Phi) is 8.52. The number of oxazole rings is 1. The first-order valence-corrected chi connectivity index (χ1v) is 10.7. The van der Waals surface area contributed by atoms with Crippen LogP contribution in [0, 0.1) is 0 Å². The molecule has 0 aliphatic carbocycles. The number of aromatic nitrogens is 1. The minimum absolute atomic E-state index is 0.490. The molecule has 1 fully saturated rings. The van der Waals surface area contributed by atoms with Crippen molar-refractivity contribution in [2.45, 2.75) is 26.3 Å². The molecule has 2 N–H and O–H groups in total. The summed E-state index contributed by atoms with van der Waals surface area (Å²) in [5.41, 5.74) is 1.81. The fraction of sp³-hybridized carbons (Fsp3) is 0.545. The summed E-state index contributed by atoms with van der Waals surface area (Å²) < 4.78 is 5.60. The minimum Gasteiger partial charge on any atom is -0.444 e. The highest BCUT2D eigenvalue weighted by atomic mass is 16.3. The lowest BCUT2D eigenvalue weighted by Crippen LogP contribution is -2.39. The lowest BCUT2D eigenvalue weighted by Gasteiger charge is -2.20. The van der Waals surface area contributed by atoms with Crippen LogP contribution in [0.4, 0.5) is 0 Å². The summed E-state index contributed by atoms with van der Waals surface area (Å²) in [5.74, 6) is 1.46. The third kappa shape index (κ3) is 7.18. The second kappa shape index (κ2) is 11.6. The zero-order valence-corrected chi connectivity index (χ0v) is 17.7. The molecule has 3 rings (SSSR count). The molecule has 29 heavy (non-hydrogen) atoms. The molecular weight excluding hydrogens is 364 g/mol. The van der Waals surface area contributed by atoms with Gasteiger partial charge in [0.15, 0.2) is 5.96 Å². The Labute approximate surface area is 174 Å². The molecule has 0 amide bonds. The maximum absolute atomic E-state index is 5.60. The average molecular weight is 399 g/mol. The lowest BCUT2D eigenvalue weighted by molar-refractivity contribution is 0.274. The second-order valence-corrected chi connectivity index (χ2v) is 7.48. The van der Waals surface area contributed by atoms with Gasteiger partial charge in [0.25, 0.3) is 0 Å². The summed E-state index contributed by atoms with van der Waals surface area (Å²) in [6, 6.07) is 9.93. The van der Waals surface area contributed by atoms with Gasteiger partial charge in [-0.3, -0.25) is 0 Å². The Balaban J connectivity index is 1.44. The molecule has 1 saturated heterocycles. The van der Waals surface area contributed by atoms with Gasteiger partial charge in [-0.25, -0.2) is 9.98 Å². The van der Waals surface area contributed by atoms with E-state index in [1.807, 2.05) is 30.3 Å². The van der Waals surface area contributed by atoms with Gasteiger partial charge >= 0.3 is 0 Å². The zero-order chi connectivity index (χ0) is 20.3. The first-order valence-electron chi connectivity index (χ1n) is 10.7. The number of hydrogen-bond donors (Lipinski definition) is 2. The Hall–Kier alpha value is -2.38. The van der Waals surface area contributed by atoms with E-state index in [4.69, 9.17) is 4.42 Å². The first kappa shape index (κ1) is 21.3. The second-order valence-electron chi connectivity index (χ2n) is 7.48. The maximum Gasteiger partial charge on any atom is 0.226 e. The topological polar surface area (TPSA) is 68.9 Å². The van der Waals surface area contributed by atoms with Crippen LogP contribution in [-0.4, -0.2) is 73.6 Å². The van der Waals surface area contributed by atoms with Gasteiger partial charge < -0.3 is 24.9 Å². The number of aliphatic imine (C=N–C) groups is 1. The highest BCUT2D eigenvalue weighted by Gasteiger charge is 2.11. The highest BCUT2D eigenvalue weighted by Crippen LogP contribution is 2.18. The van der Waals surface area contributed by atoms with E-state index in [2.05, 4.69) is 44.4 Å². The van der Waals surface area contributed by atoms with Gasteiger partial charge in [-0.1, -0.05) is 18.2 Å². The summed E-state index contributed by atoms with van der Waals surface area (Å²) in [6.45, 7) is 10.2. The zero-order valence-electron chi connectivity index (χ0n) is 17.7. The van der Waals surface area contributed by atoms with Crippen LogP contribution in [0.5, 0.6) is 0 Å². The van der Waals surface area contributed by atoms with E-state index in [1.165, 1.54) is 32.6 Å². The highest BCUT2D eigenvalue weighted by molar-refractivity contribution is 5.79. The van der Waals surface area contributed by atoms with Gasteiger partial charge in [-0.15, -0.1) is 0 Å². The van der Waals surface area contributed by atoms with E-state index < -0.39 is 0 Å². The van der Waals surface area contributed by atoms with Gasteiger partial charge in [-0.2, -0.15) is 0 Å². The number of nitrogens with zero attached hydrogens (tertiary/aromatic N) is 4. The average Bonchev–Trinajstić information content (AvgIpc) is 3.12. The van der Waals surface area contributed by atoms with Crippen molar-refractivity contribution in [3.63, 3.8) is 0 Å². The Morgan fingerprint density at radius 3 is 2.83 bits per heavy atom. The summed E-state index contributed by atoms with van der Waals surface area (Å²) in [5, 5.41) is 6.74. The van der Waals surface area contributed by atoms with Crippen molar-refractivity contribution in [1.29, 1.82) is 0 Å². The predicted octanol–water partition coefficient (Wildman–Crippen LogP) is 2.42.